The molecule has 1 aromatic carbocycles. The van der Waals surface area contributed by atoms with Gasteiger partial charge in [-0.3, -0.25) is 14.4 Å². The molecule has 6 heteroatoms. The van der Waals surface area contributed by atoms with Crippen molar-refractivity contribution in [3.8, 4) is 0 Å². The summed E-state index contributed by atoms with van der Waals surface area (Å²) in [4.78, 5) is 36.8. The zero-order chi connectivity index (χ0) is 19.7. The standard InChI is InChI=1S/C22H23N3O3/c1-2-20(26)23-15-12-16(13-15)24-22(28)17-10-11-25-18(17)8-9-19(25)21(27)14-6-4-3-5-7-14/h2-9,15-17H,1,10-13H2,(H,23,26)(H,24,28). The Labute approximate surface area is 163 Å². The molecule has 1 atom stereocenters. The Kier molecular flexibility index (Phi) is 4.86. The summed E-state index contributed by atoms with van der Waals surface area (Å²) in [5.41, 5.74) is 2.18. The molecular weight excluding hydrogens is 354 g/mol. The molecule has 1 fully saturated rings. The molecule has 0 bridgehead atoms. The van der Waals surface area contributed by atoms with Gasteiger partial charge in [0.25, 0.3) is 0 Å². The summed E-state index contributed by atoms with van der Waals surface area (Å²) in [6.45, 7) is 4.10. The van der Waals surface area contributed by atoms with E-state index in [1.165, 1.54) is 6.08 Å². The molecule has 4 rings (SSSR count). The fourth-order valence-electron chi connectivity index (χ4n) is 4.06. The number of hydrogen-bond acceptors (Lipinski definition) is 3. The van der Waals surface area contributed by atoms with Gasteiger partial charge in [0.05, 0.1) is 11.6 Å². The molecule has 1 aliphatic carbocycles. The van der Waals surface area contributed by atoms with Crippen LogP contribution in [0.1, 0.15) is 46.9 Å². The van der Waals surface area contributed by atoms with Crippen LogP contribution in [0.4, 0.5) is 0 Å². The van der Waals surface area contributed by atoms with Gasteiger partial charge in [-0.2, -0.15) is 0 Å². The Bertz CT molecular complexity index is 926. The number of ketones is 1. The Morgan fingerprint density at radius 1 is 1.00 bits per heavy atom. The third-order valence-corrected chi connectivity index (χ3v) is 5.61. The van der Waals surface area contributed by atoms with Gasteiger partial charge in [0.2, 0.25) is 17.6 Å². The number of benzene rings is 1. The highest BCUT2D eigenvalue weighted by atomic mass is 16.2. The number of carbonyl (C=O) groups is 3. The first kappa shape index (κ1) is 18.2. The number of nitrogens with zero attached hydrogens (tertiary/aromatic N) is 1. The van der Waals surface area contributed by atoms with Crippen LogP contribution < -0.4 is 10.6 Å². The Hall–Kier alpha value is -3.15. The van der Waals surface area contributed by atoms with Crippen molar-refractivity contribution in [3.05, 3.63) is 72.1 Å². The van der Waals surface area contributed by atoms with E-state index in [-0.39, 0.29) is 35.6 Å². The van der Waals surface area contributed by atoms with Crippen LogP contribution in [0.3, 0.4) is 0 Å². The van der Waals surface area contributed by atoms with Gasteiger partial charge in [-0.25, -0.2) is 0 Å². The largest absolute Gasteiger partial charge is 0.353 e. The molecule has 144 valence electrons. The SMILES string of the molecule is C=CC(=O)NC1CC(NC(=O)C2CCn3c(C(=O)c4ccccc4)ccc32)C1. The number of rotatable bonds is 6. The van der Waals surface area contributed by atoms with E-state index in [1.54, 1.807) is 12.1 Å². The van der Waals surface area contributed by atoms with E-state index in [4.69, 9.17) is 0 Å². The zero-order valence-electron chi connectivity index (χ0n) is 15.6. The highest BCUT2D eigenvalue weighted by Gasteiger charge is 2.36. The third kappa shape index (κ3) is 3.38. The summed E-state index contributed by atoms with van der Waals surface area (Å²) in [5.74, 6) is -0.445. The van der Waals surface area contributed by atoms with Crippen LogP contribution in [0, 0.1) is 0 Å². The van der Waals surface area contributed by atoms with Gasteiger partial charge >= 0.3 is 0 Å². The van der Waals surface area contributed by atoms with Crippen LogP contribution in [0.25, 0.3) is 0 Å². The van der Waals surface area contributed by atoms with Crippen molar-refractivity contribution >= 4 is 17.6 Å². The highest BCUT2D eigenvalue weighted by Crippen LogP contribution is 2.32. The summed E-state index contributed by atoms with van der Waals surface area (Å²) in [5, 5.41) is 5.91. The Morgan fingerprint density at radius 2 is 1.71 bits per heavy atom. The van der Waals surface area contributed by atoms with Crippen LogP contribution in [-0.4, -0.2) is 34.2 Å². The fraction of sp³-hybridized carbons (Fsp3) is 0.318. The molecular formula is C22H23N3O3. The second-order valence-corrected chi connectivity index (χ2v) is 7.42. The lowest BCUT2D eigenvalue weighted by atomic mass is 9.86. The van der Waals surface area contributed by atoms with E-state index in [9.17, 15) is 14.4 Å². The molecule has 0 saturated heterocycles. The average molecular weight is 377 g/mol. The summed E-state index contributed by atoms with van der Waals surface area (Å²) in [6.07, 6.45) is 3.42. The van der Waals surface area contributed by atoms with Gasteiger partial charge in [-0.15, -0.1) is 0 Å². The molecule has 2 amide bonds. The molecule has 6 nitrogen and oxygen atoms in total. The van der Waals surface area contributed by atoms with Crippen molar-refractivity contribution < 1.29 is 14.4 Å². The molecule has 2 N–H and O–H groups in total. The minimum atomic E-state index is -0.237. The normalized spacial score (nSPS) is 22.6. The molecule has 1 aliphatic heterocycles. The van der Waals surface area contributed by atoms with E-state index in [0.717, 1.165) is 18.5 Å². The number of fused-ring (bicyclic) bond motifs is 1. The maximum atomic E-state index is 12.8. The summed E-state index contributed by atoms with van der Waals surface area (Å²) < 4.78 is 1.97. The maximum Gasteiger partial charge on any atom is 0.243 e. The van der Waals surface area contributed by atoms with Crippen molar-refractivity contribution in [3.63, 3.8) is 0 Å². The summed E-state index contributed by atoms with van der Waals surface area (Å²) in [7, 11) is 0. The molecule has 1 aromatic heterocycles. The van der Waals surface area contributed by atoms with Gasteiger partial charge in [0, 0.05) is 29.9 Å². The molecule has 0 radical (unpaired) electrons. The molecule has 1 unspecified atom stereocenters. The predicted molar refractivity (Wildman–Crippen MR) is 105 cm³/mol. The van der Waals surface area contributed by atoms with Gasteiger partial charge in [0.1, 0.15) is 0 Å². The average Bonchev–Trinajstić information content (AvgIpc) is 3.28. The van der Waals surface area contributed by atoms with Crippen molar-refractivity contribution in [2.45, 2.75) is 43.8 Å². The van der Waals surface area contributed by atoms with Crippen LogP contribution >= 0.6 is 0 Å². The first-order valence-corrected chi connectivity index (χ1v) is 9.59. The Balaban J connectivity index is 1.39. The molecule has 2 aliphatic rings. The van der Waals surface area contributed by atoms with Gasteiger partial charge in [-0.1, -0.05) is 36.9 Å². The second kappa shape index (κ2) is 7.46. The predicted octanol–water partition coefficient (Wildman–Crippen LogP) is 2.16. The van der Waals surface area contributed by atoms with Gasteiger partial charge < -0.3 is 15.2 Å². The minimum absolute atomic E-state index is 0.00550. The van der Waals surface area contributed by atoms with Crippen molar-refractivity contribution in [2.75, 3.05) is 0 Å². The number of aromatic nitrogens is 1. The van der Waals surface area contributed by atoms with Gasteiger partial charge in [0.15, 0.2) is 0 Å². The van der Waals surface area contributed by atoms with Crippen molar-refractivity contribution in [1.29, 1.82) is 0 Å². The quantitative estimate of drug-likeness (QED) is 0.598. The first-order chi connectivity index (χ1) is 13.6. The molecule has 2 heterocycles. The van der Waals surface area contributed by atoms with E-state index in [1.807, 2.05) is 34.9 Å². The molecule has 1 saturated carbocycles. The van der Waals surface area contributed by atoms with Crippen LogP contribution in [0.2, 0.25) is 0 Å². The van der Waals surface area contributed by atoms with Crippen LogP contribution in [0.15, 0.2) is 55.1 Å². The highest BCUT2D eigenvalue weighted by molar-refractivity contribution is 6.08. The van der Waals surface area contributed by atoms with Crippen molar-refractivity contribution in [2.24, 2.45) is 0 Å². The molecule has 28 heavy (non-hydrogen) atoms. The topological polar surface area (TPSA) is 80.2 Å². The number of carbonyl (C=O) groups excluding carboxylic acids is 3. The second-order valence-electron chi connectivity index (χ2n) is 7.42. The van der Waals surface area contributed by atoms with Crippen molar-refractivity contribution in [1.82, 2.24) is 15.2 Å². The smallest absolute Gasteiger partial charge is 0.243 e. The summed E-state index contributed by atoms with van der Waals surface area (Å²) in [6, 6.07) is 13.1. The maximum absolute atomic E-state index is 12.8. The third-order valence-electron chi connectivity index (χ3n) is 5.61. The van der Waals surface area contributed by atoms with Crippen LogP contribution in [0.5, 0.6) is 0 Å². The van der Waals surface area contributed by atoms with E-state index in [2.05, 4.69) is 17.2 Å². The first-order valence-electron chi connectivity index (χ1n) is 9.59. The Morgan fingerprint density at radius 3 is 2.43 bits per heavy atom. The lowest BCUT2D eigenvalue weighted by Gasteiger charge is -2.36. The van der Waals surface area contributed by atoms with Crippen LogP contribution in [-0.2, 0) is 16.1 Å². The number of hydrogen-bond donors (Lipinski definition) is 2. The lowest BCUT2D eigenvalue weighted by molar-refractivity contribution is -0.124. The minimum Gasteiger partial charge on any atom is -0.353 e. The molecule has 0 spiro atoms. The fourth-order valence-corrected chi connectivity index (χ4v) is 4.06. The monoisotopic (exact) mass is 377 g/mol. The number of amides is 2. The van der Waals surface area contributed by atoms with E-state index >= 15 is 0 Å². The van der Waals surface area contributed by atoms with E-state index in [0.29, 0.717) is 24.2 Å². The summed E-state index contributed by atoms with van der Waals surface area (Å²) >= 11 is 0. The molecule has 2 aromatic rings. The number of nitrogens with one attached hydrogen (secondary N) is 2. The van der Waals surface area contributed by atoms with E-state index < -0.39 is 0 Å². The lowest BCUT2D eigenvalue weighted by Crippen LogP contribution is -2.54. The van der Waals surface area contributed by atoms with Gasteiger partial charge in [-0.05, 0) is 37.5 Å². The zero-order valence-corrected chi connectivity index (χ0v) is 15.6.